The molecule has 8 heteroatoms. The van der Waals surface area contributed by atoms with E-state index in [0.717, 1.165) is 6.20 Å². The van der Waals surface area contributed by atoms with Crippen LogP contribution in [0.5, 0.6) is 0 Å². The Balaban J connectivity index is 1.99. The number of aromatic amines is 1. The highest BCUT2D eigenvalue weighted by atomic mass is 19.4. The molecule has 0 saturated carbocycles. The first-order chi connectivity index (χ1) is 9.56. The lowest BCUT2D eigenvalue weighted by Gasteiger charge is -2.24. The third-order valence-electron chi connectivity index (χ3n) is 3.13. The highest BCUT2D eigenvalue weighted by molar-refractivity contribution is 5.68. The zero-order valence-corrected chi connectivity index (χ0v) is 12.1. The molecule has 0 bridgehead atoms. The summed E-state index contributed by atoms with van der Waals surface area (Å²) in [5.74, 6) is 0.0296. The lowest BCUT2D eigenvalue weighted by molar-refractivity contribution is -0.141. The van der Waals surface area contributed by atoms with Gasteiger partial charge in [0.25, 0.3) is 0 Å². The van der Waals surface area contributed by atoms with E-state index in [2.05, 4.69) is 9.97 Å². The number of alkyl halides is 3. The number of likely N-dealkylation sites (tertiary alicyclic amines) is 1. The molecule has 1 aromatic rings. The number of H-pyrrole nitrogens is 1. The summed E-state index contributed by atoms with van der Waals surface area (Å²) >= 11 is 0. The van der Waals surface area contributed by atoms with Gasteiger partial charge in [-0.1, -0.05) is 0 Å². The molecule has 2 rings (SSSR count). The summed E-state index contributed by atoms with van der Waals surface area (Å²) in [7, 11) is 0. The number of aromatic nitrogens is 2. The van der Waals surface area contributed by atoms with Crippen molar-refractivity contribution in [1.82, 2.24) is 14.9 Å². The average molecular weight is 305 g/mol. The van der Waals surface area contributed by atoms with Gasteiger partial charge in [0, 0.05) is 19.0 Å². The summed E-state index contributed by atoms with van der Waals surface area (Å²) in [4.78, 5) is 19.5. The first kappa shape index (κ1) is 15.7. The van der Waals surface area contributed by atoms with Gasteiger partial charge in [0.15, 0.2) is 0 Å². The van der Waals surface area contributed by atoms with Crippen LogP contribution in [0.15, 0.2) is 6.20 Å². The first-order valence-electron chi connectivity index (χ1n) is 6.66. The maximum Gasteiger partial charge on any atom is 0.432 e. The predicted molar refractivity (Wildman–Crippen MR) is 68.8 cm³/mol. The fraction of sp³-hybridized carbons (Fsp3) is 0.692. The normalized spacial score (nSPS) is 19.9. The molecule has 1 aliphatic rings. The van der Waals surface area contributed by atoms with Crippen LogP contribution < -0.4 is 0 Å². The van der Waals surface area contributed by atoms with Crippen LogP contribution >= 0.6 is 0 Å². The van der Waals surface area contributed by atoms with Crippen LogP contribution in [-0.2, 0) is 10.9 Å². The molecular formula is C13H18F3N3O2. The molecule has 0 aromatic carbocycles. The van der Waals surface area contributed by atoms with E-state index in [0.29, 0.717) is 19.5 Å². The maximum absolute atomic E-state index is 12.5. The summed E-state index contributed by atoms with van der Waals surface area (Å²) in [5.41, 5.74) is -1.46. The quantitative estimate of drug-likeness (QED) is 0.867. The number of amides is 1. The van der Waals surface area contributed by atoms with E-state index in [4.69, 9.17) is 4.74 Å². The molecule has 1 N–H and O–H groups in total. The zero-order valence-electron chi connectivity index (χ0n) is 12.1. The molecule has 0 radical (unpaired) electrons. The Bertz CT molecular complexity index is 519. The van der Waals surface area contributed by atoms with E-state index in [1.54, 1.807) is 20.8 Å². The van der Waals surface area contributed by atoms with E-state index < -0.39 is 23.6 Å². The van der Waals surface area contributed by atoms with Crippen LogP contribution in [0.4, 0.5) is 18.0 Å². The van der Waals surface area contributed by atoms with Crippen LogP contribution in [0.25, 0.3) is 0 Å². The third-order valence-corrected chi connectivity index (χ3v) is 3.13. The van der Waals surface area contributed by atoms with Gasteiger partial charge in [-0.25, -0.2) is 9.78 Å². The molecule has 1 fully saturated rings. The number of rotatable bonds is 1. The fourth-order valence-electron chi connectivity index (χ4n) is 2.16. The number of hydrogen-bond acceptors (Lipinski definition) is 3. The number of imidazole rings is 1. The molecule has 21 heavy (non-hydrogen) atoms. The Morgan fingerprint density at radius 2 is 2.10 bits per heavy atom. The summed E-state index contributed by atoms with van der Waals surface area (Å²) in [6.07, 6.45) is -3.54. The van der Waals surface area contributed by atoms with E-state index in [-0.39, 0.29) is 11.7 Å². The van der Waals surface area contributed by atoms with Crippen molar-refractivity contribution in [1.29, 1.82) is 0 Å². The zero-order chi connectivity index (χ0) is 15.8. The Hall–Kier alpha value is -1.73. The second-order valence-electron chi connectivity index (χ2n) is 6.09. The molecule has 5 nitrogen and oxygen atoms in total. The molecule has 118 valence electrons. The van der Waals surface area contributed by atoms with Crippen LogP contribution in [0.3, 0.4) is 0 Å². The molecule has 1 aromatic heterocycles. The van der Waals surface area contributed by atoms with Crippen molar-refractivity contribution in [3.63, 3.8) is 0 Å². The molecular weight excluding hydrogens is 287 g/mol. The highest BCUT2D eigenvalue weighted by Gasteiger charge is 2.36. The van der Waals surface area contributed by atoms with Gasteiger partial charge in [0.1, 0.15) is 17.1 Å². The van der Waals surface area contributed by atoms with Gasteiger partial charge in [-0.05, 0) is 27.2 Å². The van der Waals surface area contributed by atoms with E-state index in [1.807, 2.05) is 0 Å². The topological polar surface area (TPSA) is 58.2 Å². The molecule has 1 aliphatic heterocycles. The smallest absolute Gasteiger partial charge is 0.432 e. The maximum atomic E-state index is 12.5. The van der Waals surface area contributed by atoms with Gasteiger partial charge in [-0.15, -0.1) is 0 Å². The standard InChI is InChI=1S/C13H18F3N3O2/c1-12(2,3)21-11(20)19-5-4-8(7-19)10-17-6-9(18-10)13(14,15)16/h6,8H,4-5,7H2,1-3H3,(H,17,18). The molecule has 2 heterocycles. The summed E-state index contributed by atoms with van der Waals surface area (Å²) in [5, 5.41) is 0. The van der Waals surface area contributed by atoms with Gasteiger partial charge in [-0.2, -0.15) is 13.2 Å². The van der Waals surface area contributed by atoms with Crippen molar-refractivity contribution in [2.24, 2.45) is 0 Å². The second-order valence-corrected chi connectivity index (χ2v) is 6.09. The van der Waals surface area contributed by atoms with Crippen molar-refractivity contribution in [3.05, 3.63) is 17.7 Å². The number of nitrogens with one attached hydrogen (secondary N) is 1. The molecule has 1 amide bonds. The second kappa shape index (κ2) is 5.23. The largest absolute Gasteiger partial charge is 0.444 e. The van der Waals surface area contributed by atoms with Crippen LogP contribution in [0.1, 0.15) is 44.6 Å². The molecule has 1 unspecified atom stereocenters. The third kappa shape index (κ3) is 3.89. The minimum atomic E-state index is -4.44. The summed E-state index contributed by atoms with van der Waals surface area (Å²) in [6, 6.07) is 0. The highest BCUT2D eigenvalue weighted by Crippen LogP contribution is 2.31. The van der Waals surface area contributed by atoms with Crippen molar-refractivity contribution < 1.29 is 22.7 Å². The minimum Gasteiger partial charge on any atom is -0.444 e. The van der Waals surface area contributed by atoms with Gasteiger partial charge in [-0.3, -0.25) is 0 Å². The fourth-order valence-corrected chi connectivity index (χ4v) is 2.16. The monoisotopic (exact) mass is 305 g/mol. The lowest BCUT2D eigenvalue weighted by Crippen LogP contribution is -2.35. The van der Waals surface area contributed by atoms with Crippen LogP contribution in [0, 0.1) is 0 Å². The van der Waals surface area contributed by atoms with Crippen LogP contribution in [-0.4, -0.2) is 39.7 Å². The molecule has 1 saturated heterocycles. The minimum absolute atomic E-state index is 0.228. The van der Waals surface area contributed by atoms with Gasteiger partial charge < -0.3 is 14.6 Å². The summed E-state index contributed by atoms with van der Waals surface area (Å²) in [6.45, 7) is 6.04. The lowest BCUT2D eigenvalue weighted by atomic mass is 10.1. The SMILES string of the molecule is CC(C)(C)OC(=O)N1CCC(c2ncc(C(F)(F)F)[nH]2)C1. The molecule has 0 spiro atoms. The Kier molecular flexibility index (Phi) is 3.90. The van der Waals surface area contributed by atoms with Gasteiger partial charge >= 0.3 is 12.3 Å². The van der Waals surface area contributed by atoms with Crippen molar-refractivity contribution in [3.8, 4) is 0 Å². The van der Waals surface area contributed by atoms with Crippen LogP contribution in [0.2, 0.25) is 0 Å². The number of halogens is 3. The molecule has 0 aliphatic carbocycles. The Labute approximate surface area is 120 Å². The number of carbonyl (C=O) groups excluding carboxylic acids is 1. The first-order valence-corrected chi connectivity index (χ1v) is 6.66. The van der Waals surface area contributed by atoms with Gasteiger partial charge in [0.2, 0.25) is 0 Å². The van der Waals surface area contributed by atoms with E-state index in [1.165, 1.54) is 4.90 Å². The number of carbonyl (C=O) groups is 1. The predicted octanol–water partition coefficient (Wildman–Crippen LogP) is 3.15. The van der Waals surface area contributed by atoms with Crippen molar-refractivity contribution in [2.45, 2.75) is 44.9 Å². The van der Waals surface area contributed by atoms with Gasteiger partial charge in [0.05, 0.1) is 6.20 Å². The van der Waals surface area contributed by atoms with Crippen molar-refractivity contribution in [2.75, 3.05) is 13.1 Å². The summed E-state index contributed by atoms with van der Waals surface area (Å²) < 4.78 is 42.8. The average Bonchev–Trinajstić information content (AvgIpc) is 2.95. The molecule has 1 atom stereocenters. The van der Waals surface area contributed by atoms with E-state index >= 15 is 0 Å². The number of hydrogen-bond donors (Lipinski definition) is 1. The number of nitrogens with zero attached hydrogens (tertiary/aromatic N) is 2. The Morgan fingerprint density at radius 3 is 2.62 bits per heavy atom. The Morgan fingerprint density at radius 1 is 1.43 bits per heavy atom. The number of ether oxygens (including phenoxy) is 1. The van der Waals surface area contributed by atoms with E-state index in [9.17, 15) is 18.0 Å². The van der Waals surface area contributed by atoms with Crippen molar-refractivity contribution >= 4 is 6.09 Å².